The highest BCUT2D eigenvalue weighted by Gasteiger charge is 2.30. The maximum absolute atomic E-state index is 13.9. The maximum atomic E-state index is 13.9. The van der Waals surface area contributed by atoms with Gasteiger partial charge in [0.25, 0.3) is 5.91 Å². The van der Waals surface area contributed by atoms with Crippen LogP contribution in [0.2, 0.25) is 10.0 Å². The molecule has 4 rings (SSSR count). The van der Waals surface area contributed by atoms with E-state index in [1.165, 1.54) is 29.2 Å². The van der Waals surface area contributed by atoms with Crippen LogP contribution in [0.15, 0.2) is 36.4 Å². The number of fused-ring (bicyclic) bond motifs is 1. The van der Waals surface area contributed by atoms with Crippen LogP contribution in [0.4, 0.5) is 14.9 Å². The largest absolute Gasteiger partial charge is 0.365 e. The number of carbonyl (C=O) groups excluding carboxylic acids is 2. The number of urea groups is 1. The van der Waals surface area contributed by atoms with E-state index in [1.54, 1.807) is 10.7 Å². The molecule has 0 fully saturated rings. The van der Waals surface area contributed by atoms with Crippen LogP contribution >= 0.6 is 23.2 Å². The van der Waals surface area contributed by atoms with Crippen molar-refractivity contribution >= 4 is 40.8 Å². The van der Waals surface area contributed by atoms with Gasteiger partial charge in [0.05, 0.1) is 34.9 Å². The second-order valence-corrected chi connectivity index (χ2v) is 7.92. The first-order valence-corrected chi connectivity index (χ1v) is 10.1. The number of hydrogen-bond acceptors (Lipinski definition) is 4. The number of carbonyl (C=O) groups is 2. The molecule has 0 saturated carbocycles. The fraction of sp³-hybridized carbons (Fsp3) is 0.143. The minimum Gasteiger partial charge on any atom is -0.365 e. The van der Waals surface area contributed by atoms with Crippen LogP contribution in [0.3, 0.4) is 0 Å². The van der Waals surface area contributed by atoms with Gasteiger partial charge in [-0.15, -0.1) is 0 Å². The van der Waals surface area contributed by atoms with Gasteiger partial charge in [0.1, 0.15) is 17.6 Å². The predicted molar refractivity (Wildman–Crippen MR) is 117 cm³/mol. The predicted octanol–water partition coefficient (Wildman–Crippen LogP) is 4.01. The average molecular weight is 473 g/mol. The van der Waals surface area contributed by atoms with Crippen LogP contribution in [0.25, 0.3) is 11.3 Å². The molecule has 3 aromatic rings. The Hall–Kier alpha value is -3.61. The molecule has 0 unspecified atom stereocenters. The van der Waals surface area contributed by atoms with Crippen LogP contribution in [-0.2, 0) is 13.1 Å². The Kier molecular flexibility index (Phi) is 5.74. The van der Waals surface area contributed by atoms with Gasteiger partial charge < -0.3 is 16.0 Å². The lowest BCUT2D eigenvalue weighted by atomic mass is 10.0. The molecule has 0 saturated heterocycles. The molecule has 3 amide bonds. The Morgan fingerprint density at radius 1 is 1.19 bits per heavy atom. The summed E-state index contributed by atoms with van der Waals surface area (Å²) in [6.45, 7) is 0.677. The van der Waals surface area contributed by atoms with Gasteiger partial charge in [-0.05, 0) is 36.4 Å². The number of benzene rings is 2. The van der Waals surface area contributed by atoms with Crippen LogP contribution in [0, 0.1) is 17.1 Å². The minimum atomic E-state index is -0.747. The maximum Gasteiger partial charge on any atom is 0.322 e. The number of amides is 3. The fourth-order valence-corrected chi connectivity index (χ4v) is 3.97. The molecule has 32 heavy (non-hydrogen) atoms. The second-order valence-electron chi connectivity index (χ2n) is 7.07. The number of nitriles is 1. The van der Waals surface area contributed by atoms with Gasteiger partial charge in [0.2, 0.25) is 0 Å². The summed E-state index contributed by atoms with van der Waals surface area (Å²) in [5.41, 5.74) is 7.38. The van der Waals surface area contributed by atoms with Gasteiger partial charge in [-0.1, -0.05) is 23.2 Å². The molecule has 2 aromatic carbocycles. The standard InChI is InChI=1S/C21H15Cl2FN6O2/c22-13-5-12(6-14(24)7-13)19-18(20(26)31)17-10-29(3-4-30(17)28-19)21(32)27-15-2-1-11(9-25)16(23)8-15/h1-2,5-8H,3-4,10H2,(H2,26,31)(H,27,32). The highest BCUT2D eigenvalue weighted by Crippen LogP contribution is 2.31. The van der Waals surface area contributed by atoms with E-state index in [4.69, 9.17) is 34.2 Å². The molecule has 162 valence electrons. The van der Waals surface area contributed by atoms with Crippen molar-refractivity contribution < 1.29 is 14.0 Å². The van der Waals surface area contributed by atoms with E-state index < -0.39 is 17.8 Å². The Morgan fingerprint density at radius 3 is 2.62 bits per heavy atom. The first-order chi connectivity index (χ1) is 15.3. The number of nitrogens with two attached hydrogens (primary N) is 1. The van der Waals surface area contributed by atoms with E-state index in [9.17, 15) is 14.0 Å². The van der Waals surface area contributed by atoms with E-state index in [0.717, 1.165) is 6.07 Å². The molecule has 8 nitrogen and oxygen atoms in total. The Balaban J connectivity index is 1.62. The van der Waals surface area contributed by atoms with Gasteiger partial charge in [-0.25, -0.2) is 9.18 Å². The molecule has 0 bridgehead atoms. The molecule has 11 heteroatoms. The molecule has 1 aromatic heterocycles. The first kappa shape index (κ1) is 21.6. The summed E-state index contributed by atoms with van der Waals surface area (Å²) in [6, 6.07) is 9.92. The smallest absolute Gasteiger partial charge is 0.322 e. The zero-order chi connectivity index (χ0) is 23.0. The van der Waals surface area contributed by atoms with Gasteiger partial charge in [-0.3, -0.25) is 9.48 Å². The summed E-state index contributed by atoms with van der Waals surface area (Å²) in [4.78, 5) is 26.5. The molecule has 1 aliphatic rings. The first-order valence-electron chi connectivity index (χ1n) is 9.38. The zero-order valence-electron chi connectivity index (χ0n) is 16.4. The molecule has 0 radical (unpaired) electrons. The third-order valence-corrected chi connectivity index (χ3v) is 5.52. The van der Waals surface area contributed by atoms with E-state index in [2.05, 4.69) is 10.4 Å². The summed E-state index contributed by atoms with van der Waals surface area (Å²) in [5.74, 6) is -1.32. The molecule has 0 atom stereocenters. The third-order valence-electron chi connectivity index (χ3n) is 4.99. The van der Waals surface area contributed by atoms with Crippen molar-refractivity contribution in [2.75, 3.05) is 11.9 Å². The lowest BCUT2D eigenvalue weighted by molar-refractivity contribution is 0.0997. The summed E-state index contributed by atoms with van der Waals surface area (Å²) in [6.07, 6.45) is 0. The lowest BCUT2D eigenvalue weighted by Gasteiger charge is -2.28. The van der Waals surface area contributed by atoms with Crippen molar-refractivity contribution in [3.63, 3.8) is 0 Å². The molecule has 1 aliphatic heterocycles. The number of nitrogens with zero attached hydrogens (tertiary/aromatic N) is 4. The summed E-state index contributed by atoms with van der Waals surface area (Å²) in [7, 11) is 0. The van der Waals surface area contributed by atoms with Gasteiger partial charge in [0.15, 0.2) is 0 Å². The van der Waals surface area contributed by atoms with E-state index >= 15 is 0 Å². The van der Waals surface area contributed by atoms with Crippen molar-refractivity contribution in [1.29, 1.82) is 5.26 Å². The van der Waals surface area contributed by atoms with Crippen LogP contribution in [-0.4, -0.2) is 33.2 Å². The van der Waals surface area contributed by atoms with Crippen molar-refractivity contribution in [2.45, 2.75) is 13.1 Å². The molecular formula is C21H15Cl2FN6O2. The highest BCUT2D eigenvalue weighted by molar-refractivity contribution is 6.32. The molecule has 0 spiro atoms. The number of aromatic nitrogens is 2. The lowest BCUT2D eigenvalue weighted by Crippen LogP contribution is -2.41. The number of hydrogen-bond donors (Lipinski definition) is 2. The van der Waals surface area contributed by atoms with Gasteiger partial charge in [0, 0.05) is 22.8 Å². The Labute approximate surface area is 191 Å². The van der Waals surface area contributed by atoms with Crippen molar-refractivity contribution in [3.05, 3.63) is 69.1 Å². The summed E-state index contributed by atoms with van der Waals surface area (Å²) >= 11 is 12.0. The quantitative estimate of drug-likeness (QED) is 0.598. The van der Waals surface area contributed by atoms with E-state index in [-0.39, 0.29) is 27.8 Å². The monoisotopic (exact) mass is 472 g/mol. The Morgan fingerprint density at radius 2 is 1.97 bits per heavy atom. The van der Waals surface area contributed by atoms with Gasteiger partial charge >= 0.3 is 6.03 Å². The minimum absolute atomic E-state index is 0.0597. The molecule has 3 N–H and O–H groups in total. The average Bonchev–Trinajstić information content (AvgIpc) is 3.12. The van der Waals surface area contributed by atoms with Crippen molar-refractivity contribution in [3.8, 4) is 17.3 Å². The fourth-order valence-electron chi connectivity index (χ4n) is 3.53. The number of halogens is 3. The number of rotatable bonds is 3. The van der Waals surface area contributed by atoms with Crippen molar-refractivity contribution in [2.24, 2.45) is 5.73 Å². The van der Waals surface area contributed by atoms with E-state index in [0.29, 0.717) is 35.6 Å². The number of primary amides is 1. The van der Waals surface area contributed by atoms with Crippen LogP contribution in [0.5, 0.6) is 0 Å². The van der Waals surface area contributed by atoms with Crippen molar-refractivity contribution in [1.82, 2.24) is 14.7 Å². The second kappa shape index (κ2) is 8.49. The normalized spacial score (nSPS) is 12.8. The number of nitrogens with one attached hydrogen (secondary N) is 1. The SMILES string of the molecule is N#Cc1ccc(NC(=O)N2CCn3nc(-c4cc(F)cc(Cl)c4)c(C(N)=O)c3C2)cc1Cl. The van der Waals surface area contributed by atoms with Crippen LogP contribution in [0.1, 0.15) is 21.6 Å². The molecular weight excluding hydrogens is 458 g/mol. The summed E-state index contributed by atoms with van der Waals surface area (Å²) < 4.78 is 15.4. The molecule has 0 aliphatic carbocycles. The molecule has 2 heterocycles. The number of anilines is 1. The third kappa shape index (κ3) is 4.10. The van der Waals surface area contributed by atoms with Gasteiger partial charge in [-0.2, -0.15) is 10.4 Å². The van der Waals surface area contributed by atoms with Crippen LogP contribution < -0.4 is 11.1 Å². The zero-order valence-corrected chi connectivity index (χ0v) is 17.9. The Bertz CT molecular complexity index is 1280. The van der Waals surface area contributed by atoms with E-state index in [1.807, 2.05) is 6.07 Å². The highest BCUT2D eigenvalue weighted by atomic mass is 35.5. The topological polar surface area (TPSA) is 117 Å². The summed E-state index contributed by atoms with van der Waals surface area (Å²) in [5, 5.41) is 16.5.